The first-order valence-corrected chi connectivity index (χ1v) is 5.60. The van der Waals surface area contributed by atoms with Crippen LogP contribution in [0.2, 0.25) is 0 Å². The van der Waals surface area contributed by atoms with Gasteiger partial charge in [-0.1, -0.05) is 5.11 Å². The zero-order chi connectivity index (χ0) is 15.5. The van der Waals surface area contributed by atoms with Crippen molar-refractivity contribution in [2.24, 2.45) is 5.11 Å². The Balaban J connectivity index is 2.37. The summed E-state index contributed by atoms with van der Waals surface area (Å²) in [7, 11) is 0. The summed E-state index contributed by atoms with van der Waals surface area (Å²) < 4.78 is 56.5. The van der Waals surface area contributed by atoms with Gasteiger partial charge in [-0.25, -0.2) is 4.39 Å². The van der Waals surface area contributed by atoms with E-state index < -0.39 is 23.2 Å². The van der Waals surface area contributed by atoms with Crippen LogP contribution in [0, 0.1) is 5.82 Å². The molecule has 0 aliphatic rings. The third-order valence-electron chi connectivity index (χ3n) is 2.48. The summed E-state index contributed by atoms with van der Waals surface area (Å²) in [5.41, 5.74) is 6.61. The van der Waals surface area contributed by atoms with Crippen molar-refractivity contribution in [3.8, 4) is 11.5 Å². The minimum absolute atomic E-state index is 0.106. The molecule has 0 fully saturated rings. The smallest absolute Gasteiger partial charge is 0.416 e. The molecule has 108 valence electrons. The van der Waals surface area contributed by atoms with Crippen LogP contribution in [-0.2, 0) is 6.18 Å². The number of alkyl halides is 3. The van der Waals surface area contributed by atoms with Crippen molar-refractivity contribution in [1.29, 1.82) is 0 Å². The molecule has 8 heteroatoms. The van der Waals surface area contributed by atoms with E-state index in [1.165, 1.54) is 18.2 Å². The van der Waals surface area contributed by atoms with Gasteiger partial charge in [0.05, 0.1) is 5.56 Å². The van der Waals surface area contributed by atoms with Crippen LogP contribution < -0.4 is 4.74 Å². The summed E-state index contributed by atoms with van der Waals surface area (Å²) in [4.78, 5) is 2.35. The van der Waals surface area contributed by atoms with Gasteiger partial charge in [-0.05, 0) is 48.0 Å². The van der Waals surface area contributed by atoms with Crippen molar-refractivity contribution in [3.05, 3.63) is 64.3 Å². The fourth-order valence-electron chi connectivity index (χ4n) is 1.58. The van der Waals surface area contributed by atoms with Crippen molar-refractivity contribution in [2.75, 3.05) is 0 Å². The molecule has 2 rings (SSSR count). The lowest BCUT2D eigenvalue weighted by Crippen LogP contribution is -2.05. The predicted octanol–water partition coefficient (Wildman–Crippen LogP) is 5.58. The molecular formula is C13H7F4N3O. The molecule has 0 radical (unpaired) electrons. The molecule has 0 aromatic heterocycles. The molecule has 0 atom stereocenters. The molecule has 2 aromatic rings. The highest BCUT2D eigenvalue weighted by Gasteiger charge is 2.33. The predicted molar refractivity (Wildman–Crippen MR) is 66.7 cm³/mol. The number of ether oxygens (including phenoxy) is 1. The van der Waals surface area contributed by atoms with Crippen LogP contribution in [0.15, 0.2) is 47.6 Å². The van der Waals surface area contributed by atoms with E-state index in [0.29, 0.717) is 6.07 Å². The maximum Gasteiger partial charge on any atom is 0.416 e. The van der Waals surface area contributed by atoms with E-state index >= 15 is 0 Å². The first kappa shape index (κ1) is 14.7. The van der Waals surface area contributed by atoms with E-state index in [0.717, 1.165) is 18.2 Å². The Bertz CT molecular complexity index is 692. The van der Waals surface area contributed by atoms with Crippen LogP contribution in [0.1, 0.15) is 5.56 Å². The summed E-state index contributed by atoms with van der Waals surface area (Å²) in [5, 5.41) is 2.99. The molecule has 0 aliphatic heterocycles. The molecule has 0 saturated heterocycles. The largest absolute Gasteiger partial charge is 0.457 e. The molecule has 0 aliphatic carbocycles. The molecule has 4 nitrogen and oxygen atoms in total. The molecule has 0 spiro atoms. The van der Waals surface area contributed by atoms with Gasteiger partial charge in [0.1, 0.15) is 17.3 Å². The van der Waals surface area contributed by atoms with Crippen LogP contribution in [0.4, 0.5) is 23.2 Å². The van der Waals surface area contributed by atoms with E-state index in [4.69, 9.17) is 10.3 Å². The van der Waals surface area contributed by atoms with Crippen LogP contribution in [0.3, 0.4) is 0 Å². The van der Waals surface area contributed by atoms with Gasteiger partial charge < -0.3 is 4.74 Å². The fraction of sp³-hybridized carbons (Fsp3) is 0.0769. The minimum atomic E-state index is -4.69. The van der Waals surface area contributed by atoms with Crippen LogP contribution in [0.25, 0.3) is 10.4 Å². The van der Waals surface area contributed by atoms with E-state index in [2.05, 4.69) is 10.0 Å². The number of benzene rings is 2. The molecule has 0 heterocycles. The number of nitrogens with zero attached hydrogens (tertiary/aromatic N) is 3. The topological polar surface area (TPSA) is 58.0 Å². The number of hydrogen-bond donors (Lipinski definition) is 0. The Morgan fingerprint density at radius 3 is 2.19 bits per heavy atom. The van der Waals surface area contributed by atoms with Gasteiger partial charge in [-0.2, -0.15) is 13.2 Å². The molecule has 0 saturated carbocycles. The maximum absolute atomic E-state index is 12.9. The Morgan fingerprint density at radius 1 is 1.00 bits per heavy atom. The second-order valence-electron chi connectivity index (χ2n) is 3.92. The Kier molecular flexibility index (Phi) is 4.00. The van der Waals surface area contributed by atoms with E-state index in [1.54, 1.807) is 0 Å². The highest BCUT2D eigenvalue weighted by molar-refractivity contribution is 5.52. The standard InChI is InChI=1S/C13H7F4N3O/c14-8-1-3-9(4-2-8)21-10-5-6-12(19-20-18)11(7-10)13(15,16)17/h1-7H. The zero-order valence-electron chi connectivity index (χ0n) is 10.3. The second kappa shape index (κ2) is 5.72. The summed E-state index contributed by atoms with van der Waals surface area (Å²) in [5.74, 6) is -0.413. The molecule has 2 aromatic carbocycles. The average Bonchev–Trinajstić information content (AvgIpc) is 2.42. The lowest BCUT2D eigenvalue weighted by molar-refractivity contribution is -0.137. The molecule has 0 amide bonds. The summed E-state index contributed by atoms with van der Waals surface area (Å²) in [6.07, 6.45) is -4.69. The van der Waals surface area contributed by atoms with Gasteiger partial charge in [0.25, 0.3) is 0 Å². The van der Waals surface area contributed by atoms with E-state index in [-0.39, 0.29) is 11.5 Å². The Labute approximate surface area is 116 Å². The fourth-order valence-corrected chi connectivity index (χ4v) is 1.58. The summed E-state index contributed by atoms with van der Waals surface area (Å²) >= 11 is 0. The third kappa shape index (κ3) is 3.64. The van der Waals surface area contributed by atoms with E-state index in [1.807, 2.05) is 0 Å². The maximum atomic E-state index is 12.9. The van der Waals surface area contributed by atoms with Gasteiger partial charge in [0.15, 0.2) is 0 Å². The highest BCUT2D eigenvalue weighted by Crippen LogP contribution is 2.39. The first-order valence-electron chi connectivity index (χ1n) is 5.60. The van der Waals surface area contributed by atoms with Gasteiger partial charge in [0, 0.05) is 10.6 Å². The van der Waals surface area contributed by atoms with Gasteiger partial charge in [-0.3, -0.25) is 0 Å². The van der Waals surface area contributed by atoms with Gasteiger partial charge in [0.2, 0.25) is 0 Å². The van der Waals surface area contributed by atoms with Crippen LogP contribution in [0.5, 0.6) is 11.5 Å². The average molecular weight is 297 g/mol. The number of rotatable bonds is 3. The van der Waals surface area contributed by atoms with Crippen molar-refractivity contribution in [1.82, 2.24) is 0 Å². The molecular weight excluding hydrogens is 290 g/mol. The van der Waals surface area contributed by atoms with E-state index in [9.17, 15) is 17.6 Å². The van der Waals surface area contributed by atoms with Crippen molar-refractivity contribution >= 4 is 5.69 Å². The molecule has 0 unspecified atom stereocenters. The number of azide groups is 1. The third-order valence-corrected chi connectivity index (χ3v) is 2.48. The molecule has 21 heavy (non-hydrogen) atoms. The van der Waals surface area contributed by atoms with Crippen LogP contribution >= 0.6 is 0 Å². The summed E-state index contributed by atoms with van der Waals surface area (Å²) in [6.45, 7) is 0. The SMILES string of the molecule is [N-]=[N+]=Nc1ccc(Oc2ccc(F)cc2)cc1C(F)(F)F. The lowest BCUT2D eigenvalue weighted by atomic mass is 10.1. The normalized spacial score (nSPS) is 10.9. The first-order chi connectivity index (χ1) is 9.90. The molecule has 0 N–H and O–H groups in total. The van der Waals surface area contributed by atoms with Crippen molar-refractivity contribution in [2.45, 2.75) is 6.18 Å². The Morgan fingerprint density at radius 2 is 1.62 bits per heavy atom. The van der Waals surface area contributed by atoms with Gasteiger partial charge in [-0.15, -0.1) is 0 Å². The lowest BCUT2D eigenvalue weighted by Gasteiger charge is -2.12. The highest BCUT2D eigenvalue weighted by atomic mass is 19.4. The quantitative estimate of drug-likeness (QED) is 0.316. The minimum Gasteiger partial charge on any atom is -0.457 e. The number of hydrogen-bond acceptors (Lipinski definition) is 2. The summed E-state index contributed by atoms with van der Waals surface area (Å²) in [6, 6.07) is 7.74. The van der Waals surface area contributed by atoms with Crippen molar-refractivity contribution < 1.29 is 22.3 Å². The van der Waals surface area contributed by atoms with Crippen LogP contribution in [-0.4, -0.2) is 0 Å². The second-order valence-corrected chi connectivity index (χ2v) is 3.92. The monoisotopic (exact) mass is 297 g/mol. The Hall–Kier alpha value is -2.73. The number of halogens is 4. The zero-order valence-corrected chi connectivity index (χ0v) is 10.3. The molecule has 0 bridgehead atoms. The van der Waals surface area contributed by atoms with Crippen molar-refractivity contribution in [3.63, 3.8) is 0 Å². The van der Waals surface area contributed by atoms with Gasteiger partial charge >= 0.3 is 6.18 Å².